The van der Waals surface area contributed by atoms with Gasteiger partial charge in [0, 0.05) is 23.0 Å². The van der Waals surface area contributed by atoms with Gasteiger partial charge in [-0.05, 0) is 37.1 Å². The van der Waals surface area contributed by atoms with E-state index in [9.17, 15) is 4.79 Å². The van der Waals surface area contributed by atoms with E-state index in [1.54, 1.807) is 12.1 Å². The minimum atomic E-state index is -0.144. The molecule has 0 atom stereocenters. The standard InChI is InChI=1S/C13H16BrN3O/c14-11-7-5-10(6-8-11)13(18)17-16-12-4-2-1-3-9-15-12/h5-8H,1-4,9H2,(H,15,16)(H,17,18). The molecule has 2 N–H and O–H groups in total. The van der Waals surface area contributed by atoms with Crippen LogP contribution in [-0.2, 0) is 0 Å². The van der Waals surface area contributed by atoms with E-state index in [0.717, 1.165) is 36.1 Å². The van der Waals surface area contributed by atoms with Gasteiger partial charge in [-0.3, -0.25) is 20.6 Å². The van der Waals surface area contributed by atoms with E-state index in [4.69, 9.17) is 0 Å². The van der Waals surface area contributed by atoms with Gasteiger partial charge in [0.15, 0.2) is 0 Å². The molecular formula is C13H16BrN3O. The van der Waals surface area contributed by atoms with Gasteiger partial charge in [0.1, 0.15) is 5.84 Å². The third kappa shape index (κ3) is 3.84. The topological polar surface area (TPSA) is 53.5 Å². The maximum Gasteiger partial charge on any atom is 0.269 e. The van der Waals surface area contributed by atoms with Gasteiger partial charge in [0.2, 0.25) is 0 Å². The van der Waals surface area contributed by atoms with Crippen LogP contribution in [0.15, 0.2) is 33.7 Å². The van der Waals surface area contributed by atoms with Gasteiger partial charge in [-0.1, -0.05) is 22.4 Å². The summed E-state index contributed by atoms with van der Waals surface area (Å²) >= 11 is 3.34. The van der Waals surface area contributed by atoms with Crippen LogP contribution in [0.1, 0.15) is 36.0 Å². The number of carbonyl (C=O) groups excluding carboxylic acids is 1. The molecule has 1 heterocycles. The highest BCUT2D eigenvalue weighted by Gasteiger charge is 2.07. The molecule has 5 heteroatoms. The van der Waals surface area contributed by atoms with Crippen LogP contribution in [-0.4, -0.2) is 18.3 Å². The van der Waals surface area contributed by atoms with Crippen LogP contribution >= 0.6 is 15.9 Å². The monoisotopic (exact) mass is 309 g/mol. The smallest absolute Gasteiger partial charge is 0.269 e. The molecule has 18 heavy (non-hydrogen) atoms. The molecule has 0 fully saturated rings. The third-order valence-corrected chi connectivity index (χ3v) is 3.33. The molecule has 1 aromatic carbocycles. The zero-order valence-electron chi connectivity index (χ0n) is 10.1. The fraction of sp³-hybridized carbons (Fsp3) is 0.385. The van der Waals surface area contributed by atoms with E-state index < -0.39 is 0 Å². The van der Waals surface area contributed by atoms with Crippen LogP contribution in [0.3, 0.4) is 0 Å². The van der Waals surface area contributed by atoms with E-state index in [-0.39, 0.29) is 5.91 Å². The number of carbonyl (C=O) groups is 1. The molecule has 1 aromatic rings. The molecular weight excluding hydrogens is 294 g/mol. The van der Waals surface area contributed by atoms with E-state index in [1.807, 2.05) is 12.1 Å². The maximum absolute atomic E-state index is 11.8. The molecule has 0 aromatic heterocycles. The average Bonchev–Trinajstić information content (AvgIpc) is 2.65. The summed E-state index contributed by atoms with van der Waals surface area (Å²) in [6, 6.07) is 7.24. The highest BCUT2D eigenvalue weighted by atomic mass is 79.9. The molecule has 0 saturated heterocycles. The molecule has 1 aliphatic heterocycles. The molecule has 0 spiro atoms. The predicted octanol–water partition coefficient (Wildman–Crippen LogP) is 2.66. The van der Waals surface area contributed by atoms with Gasteiger partial charge in [0.05, 0.1) is 0 Å². The number of amidine groups is 1. The largest absolute Gasteiger partial charge is 0.285 e. The number of nitrogens with one attached hydrogen (secondary N) is 2. The van der Waals surface area contributed by atoms with Gasteiger partial charge in [-0.15, -0.1) is 0 Å². The fourth-order valence-electron chi connectivity index (χ4n) is 1.78. The van der Waals surface area contributed by atoms with Gasteiger partial charge in [-0.2, -0.15) is 0 Å². The summed E-state index contributed by atoms with van der Waals surface area (Å²) < 4.78 is 0.958. The number of hydrogen-bond acceptors (Lipinski definition) is 3. The Morgan fingerprint density at radius 3 is 2.72 bits per heavy atom. The number of amides is 1. The van der Waals surface area contributed by atoms with Crippen molar-refractivity contribution < 1.29 is 4.79 Å². The minimum absolute atomic E-state index is 0.144. The van der Waals surface area contributed by atoms with Crippen LogP contribution in [0.5, 0.6) is 0 Å². The summed E-state index contributed by atoms with van der Waals surface area (Å²) in [7, 11) is 0. The van der Waals surface area contributed by atoms with E-state index in [1.165, 1.54) is 6.42 Å². The summed E-state index contributed by atoms with van der Waals surface area (Å²) in [4.78, 5) is 16.2. The molecule has 0 bridgehead atoms. The van der Waals surface area contributed by atoms with Crippen LogP contribution < -0.4 is 10.9 Å². The van der Waals surface area contributed by atoms with E-state index in [0.29, 0.717) is 5.56 Å². The molecule has 0 radical (unpaired) electrons. The SMILES string of the molecule is O=C(NNC1=NCCCCC1)c1ccc(Br)cc1. The number of nitrogens with zero attached hydrogens (tertiary/aromatic N) is 1. The summed E-state index contributed by atoms with van der Waals surface area (Å²) in [5.41, 5.74) is 6.22. The predicted molar refractivity (Wildman–Crippen MR) is 75.5 cm³/mol. The van der Waals surface area contributed by atoms with Crippen molar-refractivity contribution in [3.63, 3.8) is 0 Å². The highest BCUT2D eigenvalue weighted by Crippen LogP contribution is 2.10. The lowest BCUT2D eigenvalue weighted by molar-refractivity contribution is 0.0943. The number of hydrogen-bond donors (Lipinski definition) is 2. The Kier molecular flexibility index (Phi) is 4.75. The highest BCUT2D eigenvalue weighted by molar-refractivity contribution is 9.10. The van der Waals surface area contributed by atoms with Gasteiger partial charge < -0.3 is 0 Å². The number of aliphatic imine (C=N–C) groups is 1. The van der Waals surface area contributed by atoms with Gasteiger partial charge >= 0.3 is 0 Å². The average molecular weight is 310 g/mol. The van der Waals surface area contributed by atoms with Gasteiger partial charge in [-0.25, -0.2) is 0 Å². The number of rotatable bonds is 1. The minimum Gasteiger partial charge on any atom is -0.285 e. The first kappa shape index (κ1) is 13.1. The van der Waals surface area contributed by atoms with Crippen LogP contribution in [0, 0.1) is 0 Å². The lowest BCUT2D eigenvalue weighted by Gasteiger charge is -2.09. The first-order valence-electron chi connectivity index (χ1n) is 6.11. The number of benzene rings is 1. The molecule has 0 aliphatic carbocycles. The van der Waals surface area contributed by atoms with Crippen molar-refractivity contribution in [2.45, 2.75) is 25.7 Å². The molecule has 1 aliphatic rings. The Morgan fingerprint density at radius 2 is 1.94 bits per heavy atom. The first-order valence-corrected chi connectivity index (χ1v) is 6.90. The summed E-state index contributed by atoms with van der Waals surface area (Å²) in [5, 5.41) is 0. The third-order valence-electron chi connectivity index (χ3n) is 2.80. The lowest BCUT2D eigenvalue weighted by atomic mass is 10.2. The van der Waals surface area contributed by atoms with Crippen molar-refractivity contribution in [2.75, 3.05) is 6.54 Å². The summed E-state index contributed by atoms with van der Waals surface area (Å²) in [6.45, 7) is 0.844. The summed E-state index contributed by atoms with van der Waals surface area (Å²) in [6.07, 6.45) is 4.36. The second-order valence-corrected chi connectivity index (χ2v) is 5.14. The van der Waals surface area contributed by atoms with Crippen molar-refractivity contribution in [1.29, 1.82) is 0 Å². The van der Waals surface area contributed by atoms with E-state index in [2.05, 4.69) is 31.8 Å². The molecule has 4 nitrogen and oxygen atoms in total. The van der Waals surface area contributed by atoms with Crippen molar-refractivity contribution in [3.8, 4) is 0 Å². The Hall–Kier alpha value is -1.36. The molecule has 96 valence electrons. The fourth-order valence-corrected chi connectivity index (χ4v) is 2.04. The Labute approximate surface area is 115 Å². The molecule has 0 saturated carbocycles. The first-order chi connectivity index (χ1) is 8.75. The second kappa shape index (κ2) is 6.54. The van der Waals surface area contributed by atoms with Crippen LogP contribution in [0.2, 0.25) is 0 Å². The molecule has 1 amide bonds. The Balaban J connectivity index is 1.87. The number of halogens is 1. The van der Waals surface area contributed by atoms with Crippen molar-refractivity contribution >= 4 is 27.7 Å². The zero-order valence-corrected chi connectivity index (χ0v) is 11.7. The quantitative estimate of drug-likeness (QED) is 0.784. The Morgan fingerprint density at radius 1 is 1.17 bits per heavy atom. The second-order valence-electron chi connectivity index (χ2n) is 4.23. The zero-order chi connectivity index (χ0) is 12.8. The van der Waals surface area contributed by atoms with E-state index >= 15 is 0 Å². The van der Waals surface area contributed by atoms with Crippen molar-refractivity contribution in [3.05, 3.63) is 34.3 Å². The maximum atomic E-state index is 11.8. The number of hydrazine groups is 1. The molecule has 2 rings (SSSR count). The van der Waals surface area contributed by atoms with Crippen molar-refractivity contribution in [2.24, 2.45) is 4.99 Å². The molecule has 0 unspecified atom stereocenters. The van der Waals surface area contributed by atoms with Crippen molar-refractivity contribution in [1.82, 2.24) is 10.9 Å². The van der Waals surface area contributed by atoms with Crippen LogP contribution in [0.25, 0.3) is 0 Å². The lowest BCUT2D eigenvalue weighted by Crippen LogP contribution is -2.41. The normalized spacial score (nSPS) is 15.5. The van der Waals surface area contributed by atoms with Gasteiger partial charge in [0.25, 0.3) is 5.91 Å². The Bertz CT molecular complexity index is 442. The van der Waals surface area contributed by atoms with Crippen LogP contribution in [0.4, 0.5) is 0 Å². The summed E-state index contributed by atoms with van der Waals surface area (Å²) in [5.74, 6) is 0.729.